The van der Waals surface area contributed by atoms with Gasteiger partial charge in [0, 0.05) is 0 Å². The highest BCUT2D eigenvalue weighted by atomic mass is 16.5. The average Bonchev–Trinajstić information content (AvgIpc) is 3.31. The number of nitrogens with two attached hydrogens (primary N) is 1. The minimum atomic E-state index is 0.477. The second-order valence-electron chi connectivity index (χ2n) is 6.58. The zero-order chi connectivity index (χ0) is 13.9. The van der Waals surface area contributed by atoms with Crippen LogP contribution in [0.2, 0.25) is 0 Å². The van der Waals surface area contributed by atoms with E-state index in [1.165, 1.54) is 44.1 Å². The first-order chi connectivity index (χ1) is 9.80. The smallest absolute Gasteiger partial charge is 0.120 e. The molecule has 0 saturated heterocycles. The van der Waals surface area contributed by atoms with Crippen LogP contribution in [-0.4, -0.2) is 12.6 Å². The molecule has 2 aliphatic rings. The number of ether oxygens (including phenoxy) is 1. The molecule has 0 aliphatic heterocycles. The number of benzene rings is 1. The van der Waals surface area contributed by atoms with Crippen LogP contribution < -0.4 is 10.5 Å². The molecule has 2 heteroatoms. The van der Waals surface area contributed by atoms with E-state index in [0.29, 0.717) is 17.9 Å². The summed E-state index contributed by atoms with van der Waals surface area (Å²) in [6, 6.07) is 8.78. The molecule has 0 radical (unpaired) electrons. The number of hydrogen-bond acceptors (Lipinski definition) is 2. The van der Waals surface area contributed by atoms with E-state index in [0.717, 1.165) is 18.2 Å². The normalized spacial score (nSPS) is 30.2. The molecule has 2 N–H and O–H groups in total. The molecule has 0 bridgehead atoms. The first kappa shape index (κ1) is 13.9. The topological polar surface area (TPSA) is 35.2 Å². The molecule has 110 valence electrons. The number of rotatable bonds is 5. The van der Waals surface area contributed by atoms with E-state index >= 15 is 0 Å². The van der Waals surface area contributed by atoms with Crippen LogP contribution in [0.3, 0.4) is 0 Å². The molecule has 1 aromatic rings. The van der Waals surface area contributed by atoms with Gasteiger partial charge in [0.1, 0.15) is 5.75 Å². The van der Waals surface area contributed by atoms with Gasteiger partial charge < -0.3 is 10.5 Å². The van der Waals surface area contributed by atoms with Crippen molar-refractivity contribution in [1.29, 1.82) is 0 Å². The number of hydrogen-bond donors (Lipinski definition) is 1. The largest absolute Gasteiger partial charge is 0.490 e. The van der Waals surface area contributed by atoms with Gasteiger partial charge in [0.05, 0.1) is 6.10 Å². The van der Waals surface area contributed by atoms with Crippen molar-refractivity contribution in [2.45, 2.75) is 57.5 Å². The first-order valence-corrected chi connectivity index (χ1v) is 8.26. The fraction of sp³-hybridized carbons (Fsp3) is 0.667. The van der Waals surface area contributed by atoms with E-state index < -0.39 is 0 Å². The van der Waals surface area contributed by atoms with Crippen LogP contribution in [0.4, 0.5) is 0 Å². The fourth-order valence-electron chi connectivity index (χ4n) is 3.58. The Balaban J connectivity index is 1.77. The monoisotopic (exact) mass is 273 g/mol. The predicted octanol–water partition coefficient (Wildman–Crippen LogP) is 4.10. The van der Waals surface area contributed by atoms with Gasteiger partial charge in [-0.05, 0) is 67.7 Å². The van der Waals surface area contributed by atoms with E-state index in [2.05, 4.69) is 31.2 Å². The van der Waals surface area contributed by atoms with Crippen molar-refractivity contribution in [3.8, 4) is 5.75 Å². The van der Waals surface area contributed by atoms with Crippen molar-refractivity contribution in [3.05, 3.63) is 29.8 Å². The van der Waals surface area contributed by atoms with E-state index in [-0.39, 0.29) is 0 Å². The quantitative estimate of drug-likeness (QED) is 0.876. The molecule has 3 unspecified atom stereocenters. The van der Waals surface area contributed by atoms with E-state index in [9.17, 15) is 0 Å². The first-order valence-electron chi connectivity index (χ1n) is 8.26. The third-order valence-electron chi connectivity index (χ3n) is 5.10. The Hall–Kier alpha value is -1.02. The molecular formula is C18H27NO. The Morgan fingerprint density at radius 3 is 2.75 bits per heavy atom. The Morgan fingerprint density at radius 2 is 2.05 bits per heavy atom. The summed E-state index contributed by atoms with van der Waals surface area (Å²) in [6.07, 6.45) is 8.15. The molecule has 2 aliphatic carbocycles. The standard InChI is InChI=1S/C18H27NO/c1-2-13-6-7-15(12-19)18(10-13)14-4-3-5-17(11-14)20-16-8-9-16/h3-5,11,13,15-16,18H,2,6-10,12,19H2,1H3. The molecule has 2 fully saturated rings. The van der Waals surface area contributed by atoms with Gasteiger partial charge in [0.25, 0.3) is 0 Å². The van der Waals surface area contributed by atoms with E-state index in [1.54, 1.807) is 0 Å². The Kier molecular flexibility index (Phi) is 4.30. The molecule has 2 nitrogen and oxygen atoms in total. The third kappa shape index (κ3) is 3.17. The molecule has 0 amide bonds. The predicted molar refractivity (Wildman–Crippen MR) is 83.0 cm³/mol. The SMILES string of the molecule is CCC1CCC(CN)C(c2cccc(OC3CC3)c2)C1. The Labute approximate surface area is 122 Å². The third-order valence-corrected chi connectivity index (χ3v) is 5.10. The highest BCUT2D eigenvalue weighted by Gasteiger charge is 2.30. The van der Waals surface area contributed by atoms with Crippen LogP contribution in [-0.2, 0) is 0 Å². The lowest BCUT2D eigenvalue weighted by atomic mass is 9.70. The van der Waals surface area contributed by atoms with E-state index in [1.807, 2.05) is 0 Å². The summed E-state index contributed by atoms with van der Waals surface area (Å²) >= 11 is 0. The summed E-state index contributed by atoms with van der Waals surface area (Å²) in [4.78, 5) is 0. The van der Waals surface area contributed by atoms with Crippen molar-refractivity contribution in [1.82, 2.24) is 0 Å². The zero-order valence-electron chi connectivity index (χ0n) is 12.6. The molecule has 2 saturated carbocycles. The molecule has 1 aromatic carbocycles. The van der Waals surface area contributed by atoms with Crippen LogP contribution in [0.5, 0.6) is 5.75 Å². The van der Waals surface area contributed by atoms with Gasteiger partial charge in [0.15, 0.2) is 0 Å². The average molecular weight is 273 g/mol. The van der Waals surface area contributed by atoms with E-state index in [4.69, 9.17) is 10.5 Å². The van der Waals surface area contributed by atoms with Crippen molar-refractivity contribution < 1.29 is 4.74 Å². The molecule has 0 heterocycles. The molecule has 20 heavy (non-hydrogen) atoms. The maximum Gasteiger partial charge on any atom is 0.120 e. The van der Waals surface area contributed by atoms with Gasteiger partial charge in [-0.25, -0.2) is 0 Å². The highest BCUT2D eigenvalue weighted by Crippen LogP contribution is 2.42. The highest BCUT2D eigenvalue weighted by molar-refractivity contribution is 5.32. The molecule has 3 rings (SSSR count). The summed E-state index contributed by atoms with van der Waals surface area (Å²) in [5.74, 6) is 3.20. The summed E-state index contributed by atoms with van der Waals surface area (Å²) in [6.45, 7) is 3.13. The van der Waals surface area contributed by atoms with Crippen LogP contribution in [0.15, 0.2) is 24.3 Å². The van der Waals surface area contributed by atoms with Gasteiger partial charge >= 0.3 is 0 Å². The summed E-state index contributed by atoms with van der Waals surface area (Å²) in [7, 11) is 0. The minimum absolute atomic E-state index is 0.477. The van der Waals surface area contributed by atoms with Gasteiger partial charge in [-0.2, -0.15) is 0 Å². The van der Waals surface area contributed by atoms with Crippen LogP contribution in [0.1, 0.15) is 56.9 Å². The van der Waals surface area contributed by atoms with Crippen molar-refractivity contribution in [2.24, 2.45) is 17.6 Å². The summed E-state index contributed by atoms with van der Waals surface area (Å²) in [5, 5.41) is 0. The van der Waals surface area contributed by atoms with Crippen molar-refractivity contribution in [3.63, 3.8) is 0 Å². The van der Waals surface area contributed by atoms with Crippen LogP contribution >= 0.6 is 0 Å². The van der Waals surface area contributed by atoms with Crippen molar-refractivity contribution in [2.75, 3.05) is 6.54 Å². The lowest BCUT2D eigenvalue weighted by Crippen LogP contribution is -2.28. The molecule has 0 aromatic heterocycles. The molecular weight excluding hydrogens is 246 g/mol. The minimum Gasteiger partial charge on any atom is -0.490 e. The van der Waals surface area contributed by atoms with Gasteiger partial charge in [0.2, 0.25) is 0 Å². The Bertz CT molecular complexity index is 441. The van der Waals surface area contributed by atoms with Crippen LogP contribution in [0.25, 0.3) is 0 Å². The van der Waals surface area contributed by atoms with Crippen LogP contribution in [0, 0.1) is 11.8 Å². The maximum atomic E-state index is 6.02. The van der Waals surface area contributed by atoms with Crippen molar-refractivity contribution >= 4 is 0 Å². The van der Waals surface area contributed by atoms with Gasteiger partial charge in [-0.15, -0.1) is 0 Å². The zero-order valence-corrected chi connectivity index (χ0v) is 12.6. The van der Waals surface area contributed by atoms with Gasteiger partial charge in [-0.1, -0.05) is 31.9 Å². The van der Waals surface area contributed by atoms with Gasteiger partial charge in [-0.3, -0.25) is 0 Å². The molecule has 0 spiro atoms. The molecule has 3 atom stereocenters. The maximum absolute atomic E-state index is 6.02. The lowest BCUT2D eigenvalue weighted by Gasteiger charge is -2.35. The second kappa shape index (κ2) is 6.17. The fourth-order valence-corrected chi connectivity index (χ4v) is 3.58. The summed E-state index contributed by atoms with van der Waals surface area (Å²) < 4.78 is 5.95. The summed E-state index contributed by atoms with van der Waals surface area (Å²) in [5.41, 5.74) is 7.46. The Morgan fingerprint density at radius 1 is 1.20 bits per heavy atom. The second-order valence-corrected chi connectivity index (χ2v) is 6.58. The lowest BCUT2D eigenvalue weighted by molar-refractivity contribution is 0.235.